The second-order valence-electron chi connectivity index (χ2n) is 3.54. The Balaban J connectivity index is 1.94. The van der Waals surface area contributed by atoms with Crippen LogP contribution in [0.15, 0.2) is 28.7 Å². The fourth-order valence-electron chi connectivity index (χ4n) is 1.50. The van der Waals surface area contributed by atoms with Crippen LogP contribution in [0.3, 0.4) is 0 Å². The molecule has 0 saturated carbocycles. The number of ether oxygens (including phenoxy) is 2. The lowest BCUT2D eigenvalue weighted by Crippen LogP contribution is -2.12. The molecule has 0 spiro atoms. The Morgan fingerprint density at radius 1 is 1.36 bits per heavy atom. The summed E-state index contributed by atoms with van der Waals surface area (Å²) < 4.78 is 12.1. The Bertz CT molecular complexity index is 297. The first-order chi connectivity index (χ1) is 6.74. The Hall–Kier alpha value is -0.380. The molecule has 2 rings (SSSR count). The molecule has 0 amide bonds. The normalized spacial score (nSPS) is 26.7. The van der Waals surface area contributed by atoms with Crippen LogP contribution >= 0.6 is 15.9 Å². The van der Waals surface area contributed by atoms with Crippen molar-refractivity contribution in [1.82, 2.24) is 0 Å². The van der Waals surface area contributed by atoms with E-state index in [4.69, 9.17) is 9.47 Å². The molecular formula is C11H13BrO2. The van der Waals surface area contributed by atoms with Gasteiger partial charge in [0, 0.05) is 10.9 Å². The van der Waals surface area contributed by atoms with Gasteiger partial charge in [0.1, 0.15) is 0 Å². The van der Waals surface area contributed by atoms with Gasteiger partial charge < -0.3 is 9.47 Å². The molecule has 3 heteroatoms. The predicted molar refractivity (Wildman–Crippen MR) is 58.1 cm³/mol. The van der Waals surface area contributed by atoms with Crippen molar-refractivity contribution in [3.63, 3.8) is 0 Å². The standard InChI is InChI=1S/C11H13BrO2/c1-8-7-13-11(14-8)6-9-2-4-10(12)5-3-9/h2-5,8,11H,6-7H2,1H3/t8-,11-/m1/s1. The average Bonchev–Trinajstić information content (AvgIpc) is 2.56. The summed E-state index contributed by atoms with van der Waals surface area (Å²) in [6, 6.07) is 8.24. The highest BCUT2D eigenvalue weighted by Gasteiger charge is 2.22. The van der Waals surface area contributed by atoms with Gasteiger partial charge in [0.05, 0.1) is 12.7 Å². The summed E-state index contributed by atoms with van der Waals surface area (Å²) in [6.07, 6.45) is 0.999. The smallest absolute Gasteiger partial charge is 0.162 e. The van der Waals surface area contributed by atoms with Crippen LogP contribution in [-0.2, 0) is 15.9 Å². The van der Waals surface area contributed by atoms with Crippen molar-refractivity contribution in [3.8, 4) is 0 Å². The van der Waals surface area contributed by atoms with Crippen LogP contribution < -0.4 is 0 Å². The lowest BCUT2D eigenvalue weighted by Gasteiger charge is -2.09. The zero-order valence-corrected chi connectivity index (χ0v) is 9.66. The van der Waals surface area contributed by atoms with Crippen LogP contribution in [0.25, 0.3) is 0 Å². The van der Waals surface area contributed by atoms with Crippen LogP contribution in [-0.4, -0.2) is 19.0 Å². The third-order valence-electron chi connectivity index (χ3n) is 2.22. The van der Waals surface area contributed by atoms with Gasteiger partial charge in [-0.3, -0.25) is 0 Å². The fourth-order valence-corrected chi connectivity index (χ4v) is 1.76. The van der Waals surface area contributed by atoms with Gasteiger partial charge in [0.2, 0.25) is 0 Å². The molecule has 1 saturated heterocycles. The van der Waals surface area contributed by atoms with Crippen molar-refractivity contribution in [2.75, 3.05) is 6.61 Å². The van der Waals surface area contributed by atoms with Crippen molar-refractivity contribution in [3.05, 3.63) is 34.3 Å². The monoisotopic (exact) mass is 256 g/mol. The molecular weight excluding hydrogens is 244 g/mol. The molecule has 1 aromatic rings. The summed E-state index contributed by atoms with van der Waals surface area (Å²) >= 11 is 3.41. The summed E-state index contributed by atoms with van der Waals surface area (Å²) in [4.78, 5) is 0. The molecule has 2 atom stereocenters. The van der Waals surface area contributed by atoms with E-state index in [1.165, 1.54) is 5.56 Å². The van der Waals surface area contributed by atoms with Crippen molar-refractivity contribution in [2.24, 2.45) is 0 Å². The van der Waals surface area contributed by atoms with Gasteiger partial charge in [-0.2, -0.15) is 0 Å². The minimum atomic E-state index is -0.0637. The molecule has 1 aromatic carbocycles. The molecule has 0 aliphatic carbocycles. The zero-order chi connectivity index (χ0) is 9.97. The molecule has 0 aromatic heterocycles. The number of hydrogen-bond acceptors (Lipinski definition) is 2. The fraction of sp³-hybridized carbons (Fsp3) is 0.455. The molecule has 1 fully saturated rings. The van der Waals surface area contributed by atoms with Crippen LogP contribution in [0.5, 0.6) is 0 Å². The van der Waals surface area contributed by atoms with E-state index in [0.717, 1.165) is 10.9 Å². The Kier molecular flexibility index (Phi) is 3.21. The van der Waals surface area contributed by atoms with E-state index in [-0.39, 0.29) is 12.4 Å². The van der Waals surface area contributed by atoms with Gasteiger partial charge >= 0.3 is 0 Å². The van der Waals surface area contributed by atoms with Crippen molar-refractivity contribution in [1.29, 1.82) is 0 Å². The van der Waals surface area contributed by atoms with Crippen LogP contribution in [0, 0.1) is 0 Å². The Labute approximate surface area is 92.3 Å². The highest BCUT2D eigenvalue weighted by Crippen LogP contribution is 2.17. The molecule has 1 aliphatic rings. The third kappa shape index (κ3) is 2.56. The maximum atomic E-state index is 5.56. The van der Waals surface area contributed by atoms with Crippen molar-refractivity contribution >= 4 is 15.9 Å². The minimum absolute atomic E-state index is 0.0637. The average molecular weight is 257 g/mol. The van der Waals surface area contributed by atoms with E-state index >= 15 is 0 Å². The van der Waals surface area contributed by atoms with E-state index < -0.39 is 0 Å². The van der Waals surface area contributed by atoms with Crippen LogP contribution in [0.1, 0.15) is 12.5 Å². The quantitative estimate of drug-likeness (QED) is 0.811. The predicted octanol–water partition coefficient (Wildman–Crippen LogP) is 2.75. The summed E-state index contributed by atoms with van der Waals surface area (Å²) in [5.74, 6) is 0. The number of rotatable bonds is 2. The molecule has 0 unspecified atom stereocenters. The molecule has 0 radical (unpaired) electrons. The number of hydrogen-bond donors (Lipinski definition) is 0. The van der Waals surface area contributed by atoms with Gasteiger partial charge in [0.15, 0.2) is 6.29 Å². The first kappa shape index (κ1) is 10.1. The Morgan fingerprint density at radius 3 is 2.64 bits per heavy atom. The number of benzene rings is 1. The maximum Gasteiger partial charge on any atom is 0.162 e. The van der Waals surface area contributed by atoms with E-state index in [2.05, 4.69) is 28.1 Å². The largest absolute Gasteiger partial charge is 0.350 e. The summed E-state index contributed by atoms with van der Waals surface area (Å²) in [5.41, 5.74) is 1.24. The van der Waals surface area contributed by atoms with Gasteiger partial charge in [-0.1, -0.05) is 28.1 Å². The van der Waals surface area contributed by atoms with Crippen LogP contribution in [0.4, 0.5) is 0 Å². The minimum Gasteiger partial charge on any atom is -0.350 e. The first-order valence-electron chi connectivity index (χ1n) is 4.75. The van der Waals surface area contributed by atoms with Gasteiger partial charge in [-0.25, -0.2) is 0 Å². The molecule has 14 heavy (non-hydrogen) atoms. The lowest BCUT2D eigenvalue weighted by atomic mass is 10.1. The number of halogens is 1. The molecule has 0 N–H and O–H groups in total. The van der Waals surface area contributed by atoms with Crippen LogP contribution in [0.2, 0.25) is 0 Å². The molecule has 1 aliphatic heterocycles. The van der Waals surface area contributed by atoms with Gasteiger partial charge in [0.25, 0.3) is 0 Å². The first-order valence-corrected chi connectivity index (χ1v) is 5.55. The highest BCUT2D eigenvalue weighted by atomic mass is 79.9. The van der Waals surface area contributed by atoms with E-state index in [1.54, 1.807) is 0 Å². The van der Waals surface area contributed by atoms with Gasteiger partial charge in [-0.05, 0) is 24.6 Å². The summed E-state index contributed by atoms with van der Waals surface area (Å²) in [5, 5.41) is 0. The van der Waals surface area contributed by atoms with E-state index in [1.807, 2.05) is 19.1 Å². The molecule has 0 bridgehead atoms. The zero-order valence-electron chi connectivity index (χ0n) is 8.07. The second-order valence-corrected chi connectivity index (χ2v) is 4.46. The molecule has 1 heterocycles. The lowest BCUT2D eigenvalue weighted by molar-refractivity contribution is -0.0528. The van der Waals surface area contributed by atoms with E-state index in [0.29, 0.717) is 6.61 Å². The molecule has 76 valence electrons. The third-order valence-corrected chi connectivity index (χ3v) is 2.75. The van der Waals surface area contributed by atoms with Crippen molar-refractivity contribution in [2.45, 2.75) is 25.7 Å². The van der Waals surface area contributed by atoms with Crippen molar-refractivity contribution < 1.29 is 9.47 Å². The maximum absolute atomic E-state index is 5.56. The molecule has 2 nitrogen and oxygen atoms in total. The summed E-state index contributed by atoms with van der Waals surface area (Å²) in [6.45, 7) is 2.74. The summed E-state index contributed by atoms with van der Waals surface area (Å²) in [7, 11) is 0. The SMILES string of the molecule is C[C@@H]1CO[C@@H](Cc2ccc(Br)cc2)O1. The Morgan fingerprint density at radius 2 is 2.07 bits per heavy atom. The van der Waals surface area contributed by atoms with Gasteiger partial charge in [-0.15, -0.1) is 0 Å². The second kappa shape index (κ2) is 4.43. The van der Waals surface area contributed by atoms with E-state index in [9.17, 15) is 0 Å². The highest BCUT2D eigenvalue weighted by molar-refractivity contribution is 9.10. The topological polar surface area (TPSA) is 18.5 Å².